The molecule has 1 aromatic carbocycles. The standard InChI is InChI=1S/C24H31N7O4S2/c1-5-35-22(32)21-16(2)26-24(36-21)29-23-27-19(14-20(28-23)31-12-10-30(3)11-13-31)25-15-17-6-8-18(9-7-17)37(4,33)34/h6-9,14H,5,10-13,15H2,1-4H3,(H2,25,26,27,28,29). The lowest BCUT2D eigenvalue weighted by molar-refractivity contribution is 0.0531. The first-order chi connectivity index (χ1) is 17.6. The number of aryl methyl sites for hydroxylation is 1. The lowest BCUT2D eigenvalue weighted by Crippen LogP contribution is -2.44. The van der Waals surface area contributed by atoms with Crippen LogP contribution in [0.15, 0.2) is 35.2 Å². The topological polar surface area (TPSA) is 130 Å². The van der Waals surface area contributed by atoms with Crippen molar-refractivity contribution in [2.75, 3.05) is 61.6 Å². The molecule has 0 bridgehead atoms. The van der Waals surface area contributed by atoms with Crippen molar-refractivity contribution in [1.29, 1.82) is 0 Å². The van der Waals surface area contributed by atoms with Gasteiger partial charge in [0.2, 0.25) is 5.95 Å². The molecule has 2 aromatic heterocycles. The number of ether oxygens (including phenoxy) is 1. The number of anilines is 4. The number of hydrogen-bond acceptors (Lipinski definition) is 12. The van der Waals surface area contributed by atoms with Gasteiger partial charge < -0.3 is 19.9 Å². The molecule has 1 fully saturated rings. The van der Waals surface area contributed by atoms with E-state index >= 15 is 0 Å². The Labute approximate surface area is 220 Å². The molecule has 0 spiro atoms. The second-order valence-corrected chi connectivity index (χ2v) is 11.8. The van der Waals surface area contributed by atoms with Gasteiger partial charge in [0.15, 0.2) is 15.0 Å². The summed E-state index contributed by atoms with van der Waals surface area (Å²) < 4.78 is 28.6. The Kier molecular flexibility index (Phi) is 8.25. The number of benzene rings is 1. The predicted molar refractivity (Wildman–Crippen MR) is 145 cm³/mol. The monoisotopic (exact) mass is 545 g/mol. The van der Waals surface area contributed by atoms with Crippen LogP contribution in [0.1, 0.15) is 27.9 Å². The Morgan fingerprint density at radius 1 is 1.11 bits per heavy atom. The molecule has 0 aliphatic carbocycles. The van der Waals surface area contributed by atoms with Crippen LogP contribution < -0.4 is 15.5 Å². The van der Waals surface area contributed by atoms with Gasteiger partial charge in [0, 0.05) is 45.0 Å². The van der Waals surface area contributed by atoms with E-state index in [4.69, 9.17) is 9.72 Å². The van der Waals surface area contributed by atoms with Crippen molar-refractivity contribution in [2.45, 2.75) is 25.3 Å². The molecular weight excluding hydrogens is 514 g/mol. The molecule has 198 valence electrons. The van der Waals surface area contributed by atoms with Crippen LogP contribution >= 0.6 is 11.3 Å². The summed E-state index contributed by atoms with van der Waals surface area (Å²) in [4.78, 5) is 31.2. The number of likely N-dealkylation sites (N-methyl/N-ethyl adjacent to an activating group) is 1. The van der Waals surface area contributed by atoms with E-state index in [1.165, 1.54) is 17.6 Å². The van der Waals surface area contributed by atoms with Crippen LogP contribution in [-0.4, -0.2) is 80.3 Å². The minimum atomic E-state index is -3.25. The Bertz CT molecular complexity index is 1350. The number of carbonyl (C=O) groups is 1. The molecule has 4 rings (SSSR count). The third-order valence-corrected chi connectivity index (χ3v) is 8.02. The van der Waals surface area contributed by atoms with Crippen molar-refractivity contribution in [3.8, 4) is 0 Å². The Hall–Kier alpha value is -3.29. The third kappa shape index (κ3) is 6.93. The van der Waals surface area contributed by atoms with Gasteiger partial charge in [-0.25, -0.2) is 18.2 Å². The molecule has 1 aliphatic rings. The van der Waals surface area contributed by atoms with E-state index in [0.717, 1.165) is 37.6 Å². The maximum absolute atomic E-state index is 12.2. The van der Waals surface area contributed by atoms with Gasteiger partial charge in [0.1, 0.15) is 16.5 Å². The van der Waals surface area contributed by atoms with Gasteiger partial charge in [-0.1, -0.05) is 23.5 Å². The highest BCUT2D eigenvalue weighted by Crippen LogP contribution is 2.27. The van der Waals surface area contributed by atoms with Gasteiger partial charge in [-0.2, -0.15) is 9.97 Å². The molecular formula is C24H31N7O4S2. The van der Waals surface area contributed by atoms with Gasteiger partial charge in [0.25, 0.3) is 0 Å². The summed E-state index contributed by atoms with van der Waals surface area (Å²) in [5.74, 6) is 1.34. The van der Waals surface area contributed by atoms with E-state index in [1.807, 2.05) is 6.07 Å². The second-order valence-electron chi connectivity index (χ2n) is 8.77. The summed E-state index contributed by atoms with van der Waals surface area (Å²) in [7, 11) is -1.15. The van der Waals surface area contributed by atoms with Crippen LogP contribution in [0.25, 0.3) is 0 Å². The number of rotatable bonds is 9. The van der Waals surface area contributed by atoms with E-state index in [2.05, 4.69) is 37.4 Å². The minimum Gasteiger partial charge on any atom is -0.462 e. The summed E-state index contributed by atoms with van der Waals surface area (Å²) in [6.45, 7) is 7.79. The van der Waals surface area contributed by atoms with Crippen molar-refractivity contribution in [3.05, 3.63) is 46.5 Å². The molecule has 0 atom stereocenters. The fraction of sp³-hybridized carbons (Fsp3) is 0.417. The van der Waals surface area contributed by atoms with Gasteiger partial charge in [-0.3, -0.25) is 5.32 Å². The number of nitrogens with one attached hydrogen (secondary N) is 2. The van der Waals surface area contributed by atoms with Crippen LogP contribution in [0.2, 0.25) is 0 Å². The van der Waals surface area contributed by atoms with Crippen LogP contribution in [0.3, 0.4) is 0 Å². The smallest absolute Gasteiger partial charge is 0.350 e. The average molecular weight is 546 g/mol. The van der Waals surface area contributed by atoms with Crippen molar-refractivity contribution in [3.63, 3.8) is 0 Å². The minimum absolute atomic E-state index is 0.281. The van der Waals surface area contributed by atoms with Gasteiger partial charge >= 0.3 is 5.97 Å². The summed E-state index contributed by atoms with van der Waals surface area (Å²) in [6, 6.07) is 8.65. The zero-order chi connectivity index (χ0) is 26.6. The van der Waals surface area contributed by atoms with E-state index in [-0.39, 0.29) is 4.90 Å². The number of aromatic nitrogens is 3. The molecule has 1 saturated heterocycles. The average Bonchev–Trinajstić information content (AvgIpc) is 3.22. The van der Waals surface area contributed by atoms with Crippen LogP contribution in [0.4, 0.5) is 22.7 Å². The number of sulfone groups is 1. The fourth-order valence-electron chi connectivity index (χ4n) is 3.76. The first kappa shape index (κ1) is 26.8. The molecule has 3 heterocycles. The summed E-state index contributed by atoms with van der Waals surface area (Å²) in [6.07, 6.45) is 1.19. The van der Waals surface area contributed by atoms with Gasteiger partial charge in [0.05, 0.1) is 17.2 Å². The largest absolute Gasteiger partial charge is 0.462 e. The van der Waals surface area contributed by atoms with Crippen molar-refractivity contribution in [2.24, 2.45) is 0 Å². The van der Waals surface area contributed by atoms with Gasteiger partial charge in [-0.05, 0) is 38.6 Å². The number of piperazine rings is 1. The van der Waals surface area contributed by atoms with E-state index in [0.29, 0.717) is 40.6 Å². The summed E-state index contributed by atoms with van der Waals surface area (Å²) in [5, 5.41) is 6.96. The molecule has 13 heteroatoms. The van der Waals surface area contributed by atoms with E-state index < -0.39 is 15.8 Å². The zero-order valence-corrected chi connectivity index (χ0v) is 22.9. The number of thiazole rings is 1. The Morgan fingerprint density at radius 2 is 1.81 bits per heavy atom. The van der Waals surface area contributed by atoms with Crippen LogP contribution in [0.5, 0.6) is 0 Å². The second kappa shape index (κ2) is 11.4. The summed E-state index contributed by atoms with van der Waals surface area (Å²) in [5.41, 5.74) is 1.49. The highest BCUT2D eigenvalue weighted by Gasteiger charge is 2.20. The van der Waals surface area contributed by atoms with Gasteiger partial charge in [-0.15, -0.1) is 0 Å². The quantitative estimate of drug-likeness (QED) is 0.385. The molecule has 0 radical (unpaired) electrons. The molecule has 1 aliphatic heterocycles. The molecule has 2 N–H and O–H groups in total. The lowest BCUT2D eigenvalue weighted by Gasteiger charge is -2.33. The lowest BCUT2D eigenvalue weighted by atomic mass is 10.2. The van der Waals surface area contributed by atoms with Crippen LogP contribution in [-0.2, 0) is 21.1 Å². The predicted octanol–water partition coefficient (Wildman–Crippen LogP) is 2.93. The van der Waals surface area contributed by atoms with Crippen molar-refractivity contribution < 1.29 is 17.9 Å². The highest BCUT2D eigenvalue weighted by molar-refractivity contribution is 7.90. The molecule has 37 heavy (non-hydrogen) atoms. The van der Waals surface area contributed by atoms with E-state index in [9.17, 15) is 13.2 Å². The number of esters is 1. The zero-order valence-electron chi connectivity index (χ0n) is 21.3. The number of nitrogens with zero attached hydrogens (tertiary/aromatic N) is 5. The molecule has 0 amide bonds. The maximum Gasteiger partial charge on any atom is 0.350 e. The Balaban J connectivity index is 1.56. The maximum atomic E-state index is 12.2. The third-order valence-electron chi connectivity index (χ3n) is 5.84. The molecule has 3 aromatic rings. The van der Waals surface area contributed by atoms with E-state index in [1.54, 1.807) is 38.1 Å². The SMILES string of the molecule is CCOC(=O)c1sc(Nc2nc(NCc3ccc(S(C)(=O)=O)cc3)cc(N3CCN(C)CC3)n2)nc1C. The Morgan fingerprint density at radius 3 is 2.46 bits per heavy atom. The summed E-state index contributed by atoms with van der Waals surface area (Å²) >= 11 is 1.20. The molecule has 0 saturated carbocycles. The first-order valence-electron chi connectivity index (χ1n) is 11.9. The van der Waals surface area contributed by atoms with Crippen molar-refractivity contribution >= 4 is 49.9 Å². The number of hydrogen-bond donors (Lipinski definition) is 2. The molecule has 11 nitrogen and oxygen atoms in total. The van der Waals surface area contributed by atoms with Crippen LogP contribution in [0, 0.1) is 6.92 Å². The number of carbonyl (C=O) groups excluding carboxylic acids is 1. The first-order valence-corrected chi connectivity index (χ1v) is 14.6. The normalized spacial score (nSPS) is 14.4. The molecule has 0 unspecified atom stereocenters. The van der Waals surface area contributed by atoms with Crippen molar-refractivity contribution in [1.82, 2.24) is 19.9 Å². The fourth-order valence-corrected chi connectivity index (χ4v) is 5.24. The highest BCUT2D eigenvalue weighted by atomic mass is 32.2.